The zero-order chi connectivity index (χ0) is 20.1. The van der Waals surface area contributed by atoms with E-state index in [9.17, 15) is 19.7 Å². The number of carbonyl (C=O) groups excluding carboxylic acids is 2. The third-order valence-electron chi connectivity index (χ3n) is 3.56. The van der Waals surface area contributed by atoms with Gasteiger partial charge in [0.05, 0.1) is 11.2 Å². The summed E-state index contributed by atoms with van der Waals surface area (Å²) in [6.45, 7) is 1.16. The summed E-state index contributed by atoms with van der Waals surface area (Å²) in [5.41, 5.74) is 0.413. The molecule has 0 aliphatic rings. The smallest absolute Gasteiger partial charge is 0.326 e. The third kappa shape index (κ3) is 4.38. The van der Waals surface area contributed by atoms with Crippen LogP contribution < -0.4 is 5.32 Å². The number of nitro groups is 1. The maximum absolute atomic E-state index is 11.9. The number of nitrogens with one attached hydrogen (secondary N) is 1. The Morgan fingerprint density at radius 2 is 2.00 bits per heavy atom. The molecule has 0 unspecified atom stereocenters. The number of non-ortho nitro benzene ring substituents is 1. The van der Waals surface area contributed by atoms with Crippen LogP contribution in [0.25, 0.3) is 11.5 Å². The lowest BCUT2D eigenvalue weighted by molar-refractivity contribution is -0.384. The average molecular weight is 386 g/mol. The summed E-state index contributed by atoms with van der Waals surface area (Å²) in [6, 6.07) is 8.57. The molecule has 2 heterocycles. The van der Waals surface area contributed by atoms with Gasteiger partial charge in [0.15, 0.2) is 11.9 Å². The Kier molecular flexibility index (Phi) is 5.44. The molecular formula is C17H14N4O7. The van der Waals surface area contributed by atoms with Crippen molar-refractivity contribution in [2.75, 3.05) is 6.54 Å². The van der Waals surface area contributed by atoms with E-state index >= 15 is 0 Å². The second-order valence-electron chi connectivity index (χ2n) is 5.54. The average Bonchev–Trinajstić information content (AvgIpc) is 3.38. The number of amides is 1. The Labute approximate surface area is 157 Å². The van der Waals surface area contributed by atoms with Crippen LogP contribution in [0.1, 0.15) is 29.5 Å². The lowest BCUT2D eigenvalue weighted by Gasteiger charge is -2.09. The molecule has 0 bridgehead atoms. The second kappa shape index (κ2) is 8.12. The molecule has 0 aliphatic carbocycles. The highest BCUT2D eigenvalue weighted by Gasteiger charge is 2.20. The number of hydrogen-bond donors (Lipinski definition) is 1. The first kappa shape index (κ1) is 18.8. The van der Waals surface area contributed by atoms with Gasteiger partial charge < -0.3 is 18.9 Å². The number of ether oxygens (including phenoxy) is 1. The maximum atomic E-state index is 11.9. The number of rotatable bonds is 7. The lowest BCUT2D eigenvalue weighted by Crippen LogP contribution is -2.30. The maximum Gasteiger partial charge on any atom is 0.326 e. The topological polar surface area (TPSA) is 151 Å². The van der Waals surface area contributed by atoms with E-state index in [1.807, 2.05) is 0 Å². The number of aromatic nitrogens is 2. The molecule has 144 valence electrons. The summed E-state index contributed by atoms with van der Waals surface area (Å²) in [6.07, 6.45) is 0.486. The van der Waals surface area contributed by atoms with Crippen molar-refractivity contribution in [1.29, 1.82) is 0 Å². The number of carbonyl (C=O) groups is 2. The van der Waals surface area contributed by atoms with E-state index in [-0.39, 0.29) is 29.8 Å². The van der Waals surface area contributed by atoms with Gasteiger partial charge in [0, 0.05) is 17.7 Å². The van der Waals surface area contributed by atoms with Gasteiger partial charge in [-0.3, -0.25) is 19.7 Å². The lowest BCUT2D eigenvalue weighted by atomic mass is 10.2. The van der Waals surface area contributed by atoms with Crippen molar-refractivity contribution >= 4 is 17.6 Å². The summed E-state index contributed by atoms with van der Waals surface area (Å²) in [4.78, 5) is 33.7. The Hall–Kier alpha value is -4.02. The van der Waals surface area contributed by atoms with E-state index in [2.05, 4.69) is 15.5 Å². The van der Waals surface area contributed by atoms with Crippen LogP contribution in [0.4, 0.5) is 5.69 Å². The number of esters is 1. The molecule has 0 saturated carbocycles. The van der Waals surface area contributed by atoms with Gasteiger partial charge in [-0.15, -0.1) is 10.2 Å². The minimum absolute atomic E-state index is 0.0408. The van der Waals surface area contributed by atoms with E-state index in [0.717, 1.165) is 0 Å². The van der Waals surface area contributed by atoms with Gasteiger partial charge in [0.1, 0.15) is 6.54 Å². The Balaban J connectivity index is 1.56. The minimum atomic E-state index is -0.854. The predicted octanol–water partition coefficient (Wildman–Crippen LogP) is 2.27. The van der Waals surface area contributed by atoms with Crippen molar-refractivity contribution in [1.82, 2.24) is 15.5 Å². The highest BCUT2D eigenvalue weighted by molar-refractivity contribution is 5.93. The van der Waals surface area contributed by atoms with E-state index in [0.29, 0.717) is 5.56 Å². The molecule has 0 fully saturated rings. The van der Waals surface area contributed by atoms with Crippen molar-refractivity contribution in [2.24, 2.45) is 0 Å². The van der Waals surface area contributed by atoms with E-state index in [1.165, 1.54) is 43.5 Å². The molecule has 11 nitrogen and oxygen atoms in total. The Bertz CT molecular complexity index is 979. The van der Waals surface area contributed by atoms with Gasteiger partial charge >= 0.3 is 5.97 Å². The number of nitrogens with zero attached hydrogens (tertiary/aromatic N) is 3. The first-order chi connectivity index (χ1) is 13.4. The highest BCUT2D eigenvalue weighted by atomic mass is 16.6. The predicted molar refractivity (Wildman–Crippen MR) is 91.9 cm³/mol. The molecule has 0 radical (unpaired) electrons. The molecule has 0 saturated heterocycles. The molecule has 1 N–H and O–H groups in total. The standard InChI is InChI=1S/C17H14N4O7/c1-10(27-14(22)9-18-15(23)13-3-2-8-26-13)16-19-20-17(28-16)11-4-6-12(7-5-11)21(24)25/h2-8,10H,9H2,1H3,(H,18,23)/t10-/m1/s1. The SMILES string of the molecule is C[C@@H](OC(=O)CNC(=O)c1ccco1)c1nnc(-c2ccc([N+](=O)[O-])cc2)o1. The molecular weight excluding hydrogens is 372 g/mol. The molecule has 1 aromatic carbocycles. The Morgan fingerprint density at radius 3 is 2.64 bits per heavy atom. The molecule has 3 aromatic rings. The van der Waals surface area contributed by atoms with Crippen LogP contribution >= 0.6 is 0 Å². The summed E-state index contributed by atoms with van der Waals surface area (Å²) in [5.74, 6) is -1.01. The van der Waals surface area contributed by atoms with E-state index in [1.54, 1.807) is 6.07 Å². The van der Waals surface area contributed by atoms with Gasteiger partial charge in [0.25, 0.3) is 17.5 Å². The number of nitro benzene ring substituents is 1. The molecule has 0 aliphatic heterocycles. The largest absolute Gasteiger partial charge is 0.459 e. The summed E-state index contributed by atoms with van der Waals surface area (Å²) in [5, 5.41) is 20.7. The molecule has 2 aromatic heterocycles. The van der Waals surface area contributed by atoms with Gasteiger partial charge in [-0.25, -0.2) is 0 Å². The third-order valence-corrected chi connectivity index (χ3v) is 3.56. The number of benzene rings is 1. The summed E-state index contributed by atoms with van der Waals surface area (Å²) in [7, 11) is 0. The Morgan fingerprint density at radius 1 is 1.25 bits per heavy atom. The van der Waals surface area contributed by atoms with Crippen LogP contribution in [-0.2, 0) is 9.53 Å². The highest BCUT2D eigenvalue weighted by Crippen LogP contribution is 2.24. The zero-order valence-corrected chi connectivity index (χ0v) is 14.5. The van der Waals surface area contributed by atoms with Gasteiger partial charge in [-0.05, 0) is 31.2 Å². The molecule has 3 rings (SSSR count). The van der Waals surface area contributed by atoms with Crippen molar-refractivity contribution < 1.29 is 28.1 Å². The molecule has 11 heteroatoms. The molecule has 28 heavy (non-hydrogen) atoms. The van der Waals surface area contributed by atoms with Crippen LogP contribution in [0, 0.1) is 10.1 Å². The first-order valence-electron chi connectivity index (χ1n) is 8.03. The van der Waals surface area contributed by atoms with E-state index in [4.69, 9.17) is 13.6 Å². The quantitative estimate of drug-likeness (QED) is 0.366. The summed E-state index contributed by atoms with van der Waals surface area (Å²) >= 11 is 0. The van der Waals surface area contributed by atoms with Crippen molar-refractivity contribution in [3.63, 3.8) is 0 Å². The molecule has 1 amide bonds. The number of furan rings is 1. The van der Waals surface area contributed by atoms with Crippen LogP contribution in [-0.4, -0.2) is 33.5 Å². The number of hydrogen-bond acceptors (Lipinski definition) is 9. The minimum Gasteiger partial charge on any atom is -0.459 e. The van der Waals surface area contributed by atoms with Crippen LogP contribution in [0.5, 0.6) is 0 Å². The molecule has 0 spiro atoms. The van der Waals surface area contributed by atoms with Crippen LogP contribution in [0.15, 0.2) is 51.5 Å². The second-order valence-corrected chi connectivity index (χ2v) is 5.54. The zero-order valence-electron chi connectivity index (χ0n) is 14.5. The van der Waals surface area contributed by atoms with E-state index < -0.39 is 22.9 Å². The normalized spacial score (nSPS) is 11.6. The summed E-state index contributed by atoms with van der Waals surface area (Å²) < 4.78 is 15.5. The van der Waals surface area contributed by atoms with Crippen LogP contribution in [0.2, 0.25) is 0 Å². The van der Waals surface area contributed by atoms with Gasteiger partial charge in [-0.2, -0.15) is 0 Å². The fourth-order valence-electron chi connectivity index (χ4n) is 2.18. The fourth-order valence-corrected chi connectivity index (χ4v) is 2.18. The van der Waals surface area contributed by atoms with Gasteiger partial charge in [0.2, 0.25) is 5.89 Å². The van der Waals surface area contributed by atoms with Crippen LogP contribution in [0.3, 0.4) is 0 Å². The molecule has 1 atom stereocenters. The first-order valence-corrected chi connectivity index (χ1v) is 8.03. The van der Waals surface area contributed by atoms with Crippen molar-refractivity contribution in [3.05, 3.63) is 64.4 Å². The van der Waals surface area contributed by atoms with Crippen molar-refractivity contribution in [3.8, 4) is 11.5 Å². The fraction of sp³-hybridized carbons (Fsp3) is 0.176. The van der Waals surface area contributed by atoms with Gasteiger partial charge in [-0.1, -0.05) is 0 Å². The van der Waals surface area contributed by atoms with Crippen molar-refractivity contribution in [2.45, 2.75) is 13.0 Å². The monoisotopic (exact) mass is 386 g/mol.